The Morgan fingerprint density at radius 3 is 2.00 bits per heavy atom. The average Bonchev–Trinajstić information content (AvgIpc) is 2.77. The number of carbonyl (C=O) groups excluding carboxylic acids is 3. The number of nitrogens with zero attached hydrogens (tertiary/aromatic N) is 1. The minimum Gasteiger partial charge on any atom is -0.648 e. The van der Waals surface area contributed by atoms with Crippen molar-refractivity contribution >= 4 is 33.1 Å². The minimum absolute atomic E-state index is 0. The number of thioether (sulfide) groups is 1. The smallest absolute Gasteiger partial charge is 0.648 e. The van der Waals surface area contributed by atoms with Crippen molar-refractivity contribution in [2.24, 2.45) is 5.92 Å². The molecule has 0 spiro atoms. The van der Waals surface area contributed by atoms with Crippen LogP contribution in [0.5, 0.6) is 0 Å². The Bertz CT molecular complexity index is 658. The molecule has 1 atom stereocenters. The second-order valence-electron chi connectivity index (χ2n) is 9.94. The number of nitrogens with one attached hydrogen (secondary N) is 1. The van der Waals surface area contributed by atoms with Crippen molar-refractivity contribution in [3.05, 3.63) is 29.6 Å². The van der Waals surface area contributed by atoms with Crippen LogP contribution < -0.4 is 56.7 Å². The van der Waals surface area contributed by atoms with E-state index in [1.807, 2.05) is 20.8 Å². The summed E-state index contributed by atoms with van der Waals surface area (Å²) in [5.41, 5.74) is 1.47. The summed E-state index contributed by atoms with van der Waals surface area (Å²) in [6, 6.07) is 0. The van der Waals surface area contributed by atoms with Crippen LogP contribution in [0.15, 0.2) is 24.3 Å². The third-order valence-corrected chi connectivity index (χ3v) is 7.11. The Labute approximate surface area is 286 Å². The largest absolute Gasteiger partial charge is 1.00 e. The fourth-order valence-electron chi connectivity index (χ4n) is 2.88. The number of carbonyl (C=O) groups is 3. The molecule has 1 N–H and O–H groups in total. The zero-order valence-electron chi connectivity index (χ0n) is 25.3. The number of allylic oxidation sites excluding steroid dienone is 2. The van der Waals surface area contributed by atoms with Crippen LogP contribution in [-0.4, -0.2) is 39.2 Å². The van der Waals surface area contributed by atoms with E-state index in [0.29, 0.717) is 24.5 Å². The quantitative estimate of drug-likeness (QED) is 0.100. The first-order valence-corrected chi connectivity index (χ1v) is 15.6. The Kier molecular flexibility index (Phi) is 35.7. The van der Waals surface area contributed by atoms with Gasteiger partial charge in [0.2, 0.25) is 0 Å². The number of hydrogen-bond acceptors (Lipinski definition) is 4. The second-order valence-corrected chi connectivity index (χ2v) is 13.2. The Balaban J connectivity index is -0.000000377. The van der Waals surface area contributed by atoms with E-state index in [2.05, 4.69) is 51.5 Å². The topological polar surface area (TPSA) is 77.3 Å². The molecule has 0 rings (SSSR count). The van der Waals surface area contributed by atoms with Gasteiger partial charge in [-0.15, -0.1) is 5.54 Å². The van der Waals surface area contributed by atoms with E-state index in [0.717, 1.165) is 50.6 Å². The zero-order chi connectivity index (χ0) is 28.6. The first-order valence-electron chi connectivity index (χ1n) is 13.2. The molecule has 37 heavy (non-hydrogen) atoms. The molecule has 0 radical (unpaired) electrons. The van der Waals surface area contributed by atoms with Gasteiger partial charge in [-0.2, -0.15) is 0 Å². The van der Waals surface area contributed by atoms with Crippen molar-refractivity contribution in [1.82, 2.24) is 5.32 Å². The maximum Gasteiger partial charge on any atom is 1.00 e. The fraction of sp³-hybridized carbons (Fsp3) is 0.724. The standard InChI is InChI=1S/C20H40N2O2S.C5H8.C4H6O.K.W/c1-6-8-10-11-12-18(23)22-20(4,5)16-17(3)13-14-21-19(24)25-15-9-7-2;1-4-5(2)3;1-4(2)3-5;;/h17H,6-16H2,1-5H3,(H2,21,22,23,24);2H2,1,3H3;3H,1H2,2H3;;/q;;;+1;/p-1. The number of amides is 2. The third-order valence-electron chi connectivity index (χ3n) is 4.96. The van der Waals surface area contributed by atoms with Crippen molar-refractivity contribution < 1.29 is 85.1 Å². The first-order chi connectivity index (χ1) is 16.7. The molecule has 0 fully saturated rings. The van der Waals surface area contributed by atoms with Gasteiger partial charge in [-0.25, -0.2) is 0 Å². The summed E-state index contributed by atoms with van der Waals surface area (Å²) in [5, 5.41) is 7.45. The predicted octanol–water partition coefficient (Wildman–Crippen LogP) is 5.36. The van der Waals surface area contributed by atoms with E-state index in [1.54, 1.807) is 6.92 Å². The van der Waals surface area contributed by atoms with Crippen molar-refractivity contribution in [2.75, 3.05) is 12.3 Å². The molecular weight excluding hydrogens is 679 g/mol. The van der Waals surface area contributed by atoms with Crippen LogP contribution in [0.4, 0.5) is 4.79 Å². The van der Waals surface area contributed by atoms with Crippen LogP contribution in [0.1, 0.15) is 113 Å². The summed E-state index contributed by atoms with van der Waals surface area (Å²) in [6.07, 6.45) is 9.72. The average molecular weight is 733 g/mol. The van der Waals surface area contributed by atoms with E-state index in [1.165, 1.54) is 53.4 Å². The Hall–Kier alpha value is 0.635. The van der Waals surface area contributed by atoms with Crippen LogP contribution in [0.2, 0.25) is 0 Å². The second kappa shape index (κ2) is 29.6. The van der Waals surface area contributed by atoms with Crippen LogP contribution in [0.25, 0.3) is 5.32 Å². The summed E-state index contributed by atoms with van der Waals surface area (Å²) in [5.74, 6) is 1.35. The molecule has 0 saturated carbocycles. The van der Waals surface area contributed by atoms with Crippen molar-refractivity contribution in [1.29, 1.82) is 0 Å². The van der Waals surface area contributed by atoms with Gasteiger partial charge in [-0.1, -0.05) is 85.1 Å². The molecule has 1 unspecified atom stereocenters. The van der Waals surface area contributed by atoms with Crippen molar-refractivity contribution in [3.8, 4) is 0 Å². The van der Waals surface area contributed by atoms with Gasteiger partial charge < -0.3 is 15.4 Å². The summed E-state index contributed by atoms with van der Waals surface area (Å²) in [7, 11) is 0. The van der Waals surface area contributed by atoms with E-state index in [4.69, 9.17) is 0 Å². The molecule has 2 amide bonds. The van der Waals surface area contributed by atoms with E-state index in [-0.39, 0.29) is 68.1 Å². The molecule has 0 aromatic carbocycles. The van der Waals surface area contributed by atoms with Crippen molar-refractivity contribution in [3.63, 3.8) is 0 Å². The normalized spacial score (nSPS) is 10.7. The van der Waals surface area contributed by atoms with Crippen LogP contribution in [0, 0.1) is 5.92 Å². The molecule has 0 bridgehead atoms. The van der Waals surface area contributed by atoms with E-state index < -0.39 is 0 Å². The van der Waals surface area contributed by atoms with E-state index in [9.17, 15) is 14.4 Å². The number of aldehydes is 1. The van der Waals surface area contributed by atoms with Crippen LogP contribution in [-0.2, 0) is 28.9 Å². The molecule has 0 saturated heterocycles. The molecule has 0 aromatic heterocycles. The minimum atomic E-state index is -0.318. The third kappa shape index (κ3) is 38.8. The summed E-state index contributed by atoms with van der Waals surface area (Å²) < 4.78 is 1.40. The Morgan fingerprint density at radius 2 is 1.57 bits per heavy atom. The van der Waals surface area contributed by atoms with Crippen molar-refractivity contribution in [2.45, 2.75) is 119 Å². The van der Waals surface area contributed by atoms with Gasteiger partial charge in [0.05, 0.1) is 5.91 Å². The first kappa shape index (κ1) is 44.6. The van der Waals surface area contributed by atoms with Crippen LogP contribution >= 0.6 is 11.8 Å². The SMILES string of the molecule is C=C(C)C=O.C=C(C)[C](C)=[W].CCCCCCC(=O)[N-]C(C)(C)CC(C)CCNC(=O)SCCCC.[K+]. The molecule has 0 aliphatic carbocycles. The fourth-order valence-corrected chi connectivity index (χ4v) is 3.70. The van der Waals surface area contributed by atoms with Gasteiger partial charge in [0.15, 0.2) is 0 Å². The number of hydrogen-bond donors (Lipinski definition) is 1. The van der Waals surface area contributed by atoms with E-state index >= 15 is 0 Å². The number of rotatable bonds is 16. The van der Waals surface area contributed by atoms with Gasteiger partial charge in [0.1, 0.15) is 6.29 Å². The molecular formula is C29H53KN2O3SW. The van der Waals surface area contributed by atoms with Gasteiger partial charge in [0, 0.05) is 12.3 Å². The summed E-state index contributed by atoms with van der Waals surface area (Å²) in [6.45, 7) is 24.1. The zero-order valence-corrected chi connectivity index (χ0v) is 32.2. The Morgan fingerprint density at radius 1 is 1.05 bits per heavy atom. The number of unbranched alkanes of at least 4 members (excludes halogenated alkanes) is 4. The molecule has 0 aliphatic rings. The molecule has 210 valence electrons. The maximum absolute atomic E-state index is 12.0. The van der Waals surface area contributed by atoms with Gasteiger partial charge in [0.25, 0.3) is 5.24 Å². The molecule has 0 heterocycles. The molecule has 5 nitrogen and oxygen atoms in total. The van der Waals surface area contributed by atoms with Gasteiger partial charge in [-0.3, -0.25) is 9.59 Å². The summed E-state index contributed by atoms with van der Waals surface area (Å²) in [4.78, 5) is 33.1. The molecule has 8 heteroatoms. The summed E-state index contributed by atoms with van der Waals surface area (Å²) >= 11 is 2.90. The van der Waals surface area contributed by atoms with Gasteiger partial charge in [-0.05, 0) is 44.1 Å². The van der Waals surface area contributed by atoms with Gasteiger partial charge >= 0.3 is 101 Å². The van der Waals surface area contributed by atoms with Crippen LogP contribution in [0.3, 0.4) is 0 Å². The monoisotopic (exact) mass is 732 g/mol. The molecule has 0 aliphatic heterocycles. The predicted molar refractivity (Wildman–Crippen MR) is 157 cm³/mol. The molecule has 0 aromatic rings. The maximum atomic E-state index is 12.0.